The minimum Gasteiger partial charge on any atom is -0.456 e. The van der Waals surface area contributed by atoms with Crippen LogP contribution < -0.4 is 10.2 Å². The van der Waals surface area contributed by atoms with E-state index in [2.05, 4.69) is 10.5 Å². The number of hydrogen-bond donors (Lipinski definition) is 1. The first-order valence-electron chi connectivity index (χ1n) is 17.9. The number of esters is 1. The van der Waals surface area contributed by atoms with Gasteiger partial charge in [-0.05, 0) is 102 Å². The molecule has 15 heteroatoms. The van der Waals surface area contributed by atoms with E-state index in [0.717, 1.165) is 0 Å². The van der Waals surface area contributed by atoms with Gasteiger partial charge < -0.3 is 29.4 Å². The van der Waals surface area contributed by atoms with Gasteiger partial charge in [0.05, 0.1) is 16.3 Å². The third kappa shape index (κ3) is 8.75. The number of amides is 4. The first-order valence-corrected chi connectivity index (χ1v) is 18.3. The molecule has 4 amide bonds. The van der Waals surface area contributed by atoms with E-state index in [1.165, 1.54) is 34.1 Å². The summed E-state index contributed by atoms with van der Waals surface area (Å²) >= 11 is 5.99. The van der Waals surface area contributed by atoms with Crippen LogP contribution in [0.3, 0.4) is 0 Å². The molecule has 6 rings (SSSR count). The van der Waals surface area contributed by atoms with E-state index in [0.29, 0.717) is 28.1 Å². The van der Waals surface area contributed by atoms with Crippen molar-refractivity contribution in [3.05, 3.63) is 93.8 Å². The Labute approximate surface area is 323 Å². The van der Waals surface area contributed by atoms with Crippen LogP contribution in [0.4, 0.5) is 20.6 Å². The zero-order valence-electron chi connectivity index (χ0n) is 31.5. The fourth-order valence-electron chi connectivity index (χ4n) is 6.65. The number of benzene rings is 3. The average molecular weight is 776 g/mol. The van der Waals surface area contributed by atoms with Crippen LogP contribution in [-0.2, 0) is 35.1 Å². The Kier molecular flexibility index (Phi) is 10.9. The Morgan fingerprint density at radius 3 is 2.27 bits per heavy atom. The molecule has 0 bridgehead atoms. The van der Waals surface area contributed by atoms with Crippen molar-refractivity contribution in [3.63, 3.8) is 0 Å². The van der Waals surface area contributed by atoms with Crippen LogP contribution in [0.25, 0.3) is 0 Å². The molecular weight excluding hydrogens is 733 g/mol. The number of rotatable bonds is 6. The molecule has 3 aromatic carbocycles. The number of hydrogen-bond acceptors (Lipinski definition) is 9. The second-order valence-corrected chi connectivity index (χ2v) is 15.9. The van der Waals surface area contributed by atoms with Gasteiger partial charge in [0.25, 0.3) is 11.8 Å². The second kappa shape index (κ2) is 15.3. The summed E-state index contributed by atoms with van der Waals surface area (Å²) in [7, 11) is 0. The molecule has 1 N–H and O–H groups in total. The van der Waals surface area contributed by atoms with E-state index in [4.69, 9.17) is 25.9 Å². The highest BCUT2D eigenvalue weighted by atomic mass is 35.5. The number of piperazine rings is 1. The molecule has 3 aromatic rings. The van der Waals surface area contributed by atoms with E-state index in [1.54, 1.807) is 82.8 Å². The zero-order valence-corrected chi connectivity index (χ0v) is 32.2. The van der Waals surface area contributed by atoms with E-state index < -0.39 is 53.0 Å². The number of oxime groups is 1. The standard InChI is InChI=1S/C40H43ClFN5O8/c1-39(2,3)53-37(51)23-13-15-24(16-14-23)43-35(49)34-26-9-8-12-30(46-20-19-45(22-32(46)48)38(52)54-40(4,5)6)25(26)17-18-47(34)36(50)31-21-29(44-55-31)27-10-7-11-28(41)33(27)42/h7-16,31,34H,17-22H2,1-6H3,(H,43,49)/t31-,34+/m1/s1. The molecule has 55 heavy (non-hydrogen) atoms. The molecule has 2 atom stereocenters. The third-order valence-corrected chi connectivity index (χ3v) is 9.38. The van der Waals surface area contributed by atoms with Crippen molar-refractivity contribution in [2.24, 2.45) is 5.16 Å². The van der Waals surface area contributed by atoms with Gasteiger partial charge in [0, 0.05) is 43.0 Å². The van der Waals surface area contributed by atoms with Gasteiger partial charge >= 0.3 is 12.1 Å². The average Bonchev–Trinajstić information content (AvgIpc) is 3.61. The lowest BCUT2D eigenvalue weighted by Gasteiger charge is -2.40. The summed E-state index contributed by atoms with van der Waals surface area (Å²) in [6.45, 7) is 10.8. The topological polar surface area (TPSA) is 147 Å². The summed E-state index contributed by atoms with van der Waals surface area (Å²) < 4.78 is 25.8. The molecule has 0 aliphatic carbocycles. The van der Waals surface area contributed by atoms with Crippen LogP contribution in [0, 0.1) is 5.82 Å². The summed E-state index contributed by atoms with van der Waals surface area (Å²) in [5.74, 6) is -2.63. The van der Waals surface area contributed by atoms with Crippen molar-refractivity contribution in [1.29, 1.82) is 0 Å². The van der Waals surface area contributed by atoms with E-state index >= 15 is 0 Å². The van der Waals surface area contributed by atoms with Gasteiger partial charge in [-0.1, -0.05) is 35.0 Å². The lowest BCUT2D eigenvalue weighted by molar-refractivity contribution is -0.148. The summed E-state index contributed by atoms with van der Waals surface area (Å²) in [6.07, 6.45) is -1.51. The summed E-state index contributed by atoms with van der Waals surface area (Å²) in [5.41, 5.74) is 1.29. The number of halogens is 2. The van der Waals surface area contributed by atoms with Crippen LogP contribution in [0.15, 0.2) is 65.8 Å². The number of carbonyl (C=O) groups is 5. The first-order chi connectivity index (χ1) is 25.9. The fourth-order valence-corrected chi connectivity index (χ4v) is 6.83. The monoisotopic (exact) mass is 775 g/mol. The Balaban J connectivity index is 1.28. The van der Waals surface area contributed by atoms with Gasteiger partial charge in [-0.2, -0.15) is 0 Å². The summed E-state index contributed by atoms with van der Waals surface area (Å²) in [5, 5.41) is 6.78. The minimum absolute atomic E-state index is 0.0591. The van der Waals surface area contributed by atoms with Crippen LogP contribution >= 0.6 is 11.6 Å². The maximum Gasteiger partial charge on any atom is 0.410 e. The number of carbonyl (C=O) groups excluding carboxylic acids is 5. The maximum atomic E-state index is 14.9. The fraction of sp³-hybridized carbons (Fsp3) is 0.400. The molecule has 0 radical (unpaired) electrons. The molecule has 3 heterocycles. The lowest BCUT2D eigenvalue weighted by Crippen LogP contribution is -2.54. The molecule has 3 aliphatic rings. The highest BCUT2D eigenvalue weighted by molar-refractivity contribution is 6.31. The Hall–Kier alpha value is -5.50. The number of nitrogens with zero attached hydrogens (tertiary/aromatic N) is 4. The molecule has 3 aliphatic heterocycles. The number of fused-ring (bicyclic) bond motifs is 1. The smallest absolute Gasteiger partial charge is 0.410 e. The first kappa shape index (κ1) is 39.2. The molecule has 1 fully saturated rings. The molecule has 0 saturated carbocycles. The molecule has 0 spiro atoms. The van der Waals surface area contributed by atoms with Crippen LogP contribution in [0.5, 0.6) is 0 Å². The largest absolute Gasteiger partial charge is 0.456 e. The zero-order chi connectivity index (χ0) is 39.8. The Morgan fingerprint density at radius 2 is 1.60 bits per heavy atom. The Bertz CT molecular complexity index is 2060. The highest BCUT2D eigenvalue weighted by Gasteiger charge is 2.43. The molecule has 0 unspecified atom stereocenters. The van der Waals surface area contributed by atoms with Crippen LogP contribution in [-0.4, -0.2) is 88.8 Å². The minimum atomic E-state index is -1.18. The predicted molar refractivity (Wildman–Crippen MR) is 202 cm³/mol. The van der Waals surface area contributed by atoms with Gasteiger partial charge in [0.1, 0.15) is 23.8 Å². The van der Waals surface area contributed by atoms with Crippen molar-refractivity contribution in [2.45, 2.75) is 77.7 Å². The van der Waals surface area contributed by atoms with E-state index in [-0.39, 0.29) is 61.2 Å². The number of anilines is 2. The summed E-state index contributed by atoms with van der Waals surface area (Å²) in [6, 6.07) is 14.7. The van der Waals surface area contributed by atoms with Crippen molar-refractivity contribution in [1.82, 2.24) is 9.80 Å². The van der Waals surface area contributed by atoms with Crippen LogP contribution in [0.1, 0.15) is 81.1 Å². The molecule has 290 valence electrons. The third-order valence-electron chi connectivity index (χ3n) is 9.08. The molecule has 13 nitrogen and oxygen atoms in total. The normalized spacial score (nSPS) is 18.6. The van der Waals surface area contributed by atoms with Gasteiger partial charge in [-0.15, -0.1) is 0 Å². The number of ether oxygens (including phenoxy) is 2. The van der Waals surface area contributed by atoms with Gasteiger partial charge in [-0.25, -0.2) is 14.0 Å². The van der Waals surface area contributed by atoms with Crippen molar-refractivity contribution < 1.29 is 42.7 Å². The SMILES string of the molecule is CC(C)(C)OC(=O)c1ccc(NC(=O)[C@@H]2c3cccc(N4CCN(C(=O)OC(C)(C)C)CC4=O)c3CCN2C(=O)[C@H]2CC(c3cccc(Cl)c3F)=NO2)cc1. The van der Waals surface area contributed by atoms with E-state index in [1.807, 2.05) is 0 Å². The molecular formula is C40H43ClFN5O8. The van der Waals surface area contributed by atoms with Gasteiger partial charge in [-0.3, -0.25) is 19.3 Å². The lowest BCUT2D eigenvalue weighted by atomic mass is 9.89. The molecule has 0 aromatic heterocycles. The Morgan fingerprint density at radius 1 is 0.909 bits per heavy atom. The van der Waals surface area contributed by atoms with Crippen molar-refractivity contribution in [2.75, 3.05) is 36.4 Å². The van der Waals surface area contributed by atoms with E-state index in [9.17, 15) is 28.4 Å². The quantitative estimate of drug-likeness (QED) is 0.288. The number of nitrogens with one attached hydrogen (secondary N) is 1. The van der Waals surface area contributed by atoms with Gasteiger partial charge in [0.2, 0.25) is 12.0 Å². The van der Waals surface area contributed by atoms with Crippen molar-refractivity contribution in [3.8, 4) is 0 Å². The maximum absolute atomic E-state index is 14.9. The second-order valence-electron chi connectivity index (χ2n) is 15.5. The summed E-state index contributed by atoms with van der Waals surface area (Å²) in [4.78, 5) is 77.4. The predicted octanol–water partition coefficient (Wildman–Crippen LogP) is 6.28. The van der Waals surface area contributed by atoms with Gasteiger partial charge in [0.15, 0.2) is 5.82 Å². The highest BCUT2D eigenvalue weighted by Crippen LogP contribution is 2.38. The van der Waals surface area contributed by atoms with Crippen molar-refractivity contribution >= 4 is 58.5 Å². The van der Waals surface area contributed by atoms with Crippen LogP contribution in [0.2, 0.25) is 5.02 Å². The molecule has 1 saturated heterocycles.